The topological polar surface area (TPSA) is 50.2 Å². The summed E-state index contributed by atoms with van der Waals surface area (Å²) in [4.78, 5) is 16.3. The minimum atomic E-state index is 0.0493. The molecule has 0 radical (unpaired) electrons. The minimum Gasteiger partial charge on any atom is -0.337 e. The van der Waals surface area contributed by atoms with Crippen molar-refractivity contribution in [3.8, 4) is 16.3 Å². The number of benzene rings is 1. The highest BCUT2D eigenvalue weighted by molar-refractivity contribution is 7.13. The van der Waals surface area contributed by atoms with Crippen LogP contribution in [0.2, 0.25) is 0 Å². The van der Waals surface area contributed by atoms with Crippen molar-refractivity contribution in [2.75, 3.05) is 26.2 Å². The van der Waals surface area contributed by atoms with Gasteiger partial charge in [0.2, 0.25) is 0 Å². The highest BCUT2D eigenvalue weighted by atomic mass is 32.1. The maximum atomic E-state index is 13.2. The zero-order chi connectivity index (χ0) is 19.0. The van der Waals surface area contributed by atoms with Crippen molar-refractivity contribution in [1.29, 1.82) is 0 Å². The summed E-state index contributed by atoms with van der Waals surface area (Å²) in [5.41, 5.74) is 2.88. The number of para-hydroxylation sites is 1. The van der Waals surface area contributed by atoms with Gasteiger partial charge in [-0.1, -0.05) is 24.3 Å². The van der Waals surface area contributed by atoms with Gasteiger partial charge >= 0.3 is 0 Å². The third-order valence-electron chi connectivity index (χ3n) is 6.15. The summed E-state index contributed by atoms with van der Waals surface area (Å²) in [5, 5.41) is 10.3. The first-order chi connectivity index (χ1) is 13.7. The first-order valence-electron chi connectivity index (χ1n) is 9.94. The Labute approximate surface area is 169 Å². The van der Waals surface area contributed by atoms with Crippen LogP contribution in [0.4, 0.5) is 0 Å². The van der Waals surface area contributed by atoms with Crippen LogP contribution in [-0.2, 0) is 0 Å². The van der Waals surface area contributed by atoms with E-state index in [1.807, 2.05) is 52.0 Å². The number of piperidine rings is 1. The van der Waals surface area contributed by atoms with Crippen LogP contribution < -0.4 is 5.32 Å². The number of nitrogens with one attached hydrogen (secondary N) is 1. The molecule has 28 heavy (non-hydrogen) atoms. The van der Waals surface area contributed by atoms with Crippen molar-refractivity contribution in [2.45, 2.75) is 19.3 Å². The monoisotopic (exact) mass is 392 g/mol. The number of rotatable bonds is 3. The second-order valence-corrected chi connectivity index (χ2v) is 8.81. The molecule has 1 spiro atoms. The molecule has 2 aliphatic rings. The Morgan fingerprint density at radius 2 is 1.89 bits per heavy atom. The predicted octanol–water partition coefficient (Wildman–Crippen LogP) is 3.82. The smallest absolute Gasteiger partial charge is 0.274 e. The number of carbonyl (C=O) groups is 1. The lowest BCUT2D eigenvalue weighted by atomic mass is 9.78. The minimum absolute atomic E-state index is 0.0493. The molecule has 2 fully saturated rings. The molecular weight excluding hydrogens is 368 g/mol. The normalized spacial score (nSPS) is 18.6. The fourth-order valence-electron chi connectivity index (χ4n) is 4.42. The van der Waals surface area contributed by atoms with E-state index in [0.717, 1.165) is 55.3 Å². The number of hydrogen-bond acceptors (Lipinski definition) is 4. The van der Waals surface area contributed by atoms with Crippen molar-refractivity contribution < 1.29 is 4.79 Å². The Morgan fingerprint density at radius 3 is 2.57 bits per heavy atom. The number of hydrogen-bond donors (Lipinski definition) is 1. The van der Waals surface area contributed by atoms with Gasteiger partial charge in [-0.15, -0.1) is 11.3 Å². The van der Waals surface area contributed by atoms with Crippen LogP contribution in [0.25, 0.3) is 16.3 Å². The van der Waals surface area contributed by atoms with Gasteiger partial charge in [-0.25, -0.2) is 4.68 Å². The molecule has 0 saturated carbocycles. The number of amides is 1. The molecule has 1 N–H and O–H groups in total. The average molecular weight is 393 g/mol. The van der Waals surface area contributed by atoms with E-state index >= 15 is 0 Å². The van der Waals surface area contributed by atoms with Gasteiger partial charge in [0, 0.05) is 19.6 Å². The number of thiophene rings is 1. The fraction of sp³-hybridized carbons (Fsp3) is 0.364. The second kappa shape index (κ2) is 7.18. The van der Waals surface area contributed by atoms with Gasteiger partial charge < -0.3 is 10.2 Å². The molecule has 0 bridgehead atoms. The third kappa shape index (κ3) is 3.16. The van der Waals surface area contributed by atoms with Crippen molar-refractivity contribution in [1.82, 2.24) is 20.0 Å². The van der Waals surface area contributed by atoms with Crippen molar-refractivity contribution in [3.05, 3.63) is 59.6 Å². The molecule has 6 heteroatoms. The van der Waals surface area contributed by atoms with E-state index in [-0.39, 0.29) is 5.91 Å². The number of carbonyl (C=O) groups excluding carboxylic acids is 1. The Balaban J connectivity index is 1.43. The van der Waals surface area contributed by atoms with Crippen LogP contribution in [0.15, 0.2) is 53.9 Å². The molecule has 2 aromatic heterocycles. The first kappa shape index (κ1) is 17.6. The van der Waals surface area contributed by atoms with E-state index in [0.29, 0.717) is 11.1 Å². The summed E-state index contributed by atoms with van der Waals surface area (Å²) < 4.78 is 1.89. The lowest BCUT2D eigenvalue weighted by molar-refractivity contribution is 0.0601. The van der Waals surface area contributed by atoms with Crippen LogP contribution in [0.3, 0.4) is 0 Å². The van der Waals surface area contributed by atoms with Crippen LogP contribution in [0.1, 0.15) is 29.8 Å². The van der Waals surface area contributed by atoms with Gasteiger partial charge in [0.05, 0.1) is 16.3 Å². The Morgan fingerprint density at radius 1 is 1.07 bits per heavy atom. The second-order valence-electron chi connectivity index (χ2n) is 7.86. The Hall–Kier alpha value is -2.44. The molecule has 4 heterocycles. The molecule has 0 unspecified atom stereocenters. The predicted molar refractivity (Wildman–Crippen MR) is 112 cm³/mol. The van der Waals surface area contributed by atoms with Gasteiger partial charge in [0.25, 0.3) is 5.91 Å². The molecule has 1 aromatic carbocycles. The molecular formula is C22H24N4OS. The molecule has 1 amide bonds. The van der Waals surface area contributed by atoms with Crippen LogP contribution in [-0.4, -0.2) is 46.8 Å². The SMILES string of the molecule is O=C(c1cc(-c2cccs2)n(-c2ccccc2)n1)N1CCC2(CCNC2)CC1. The van der Waals surface area contributed by atoms with E-state index in [2.05, 4.69) is 16.8 Å². The van der Waals surface area contributed by atoms with Crippen LogP contribution in [0.5, 0.6) is 0 Å². The van der Waals surface area contributed by atoms with E-state index in [1.54, 1.807) is 11.3 Å². The standard InChI is InChI=1S/C22H24N4OS/c27-21(25-12-9-22(10-13-25)8-11-23-16-22)18-15-19(20-7-4-14-28-20)26(24-18)17-5-2-1-3-6-17/h1-7,14-15,23H,8-13,16H2. The molecule has 0 atom stereocenters. The van der Waals surface area contributed by atoms with E-state index in [9.17, 15) is 4.79 Å². The van der Waals surface area contributed by atoms with Crippen LogP contribution >= 0.6 is 11.3 Å². The summed E-state index contributed by atoms with van der Waals surface area (Å²) >= 11 is 1.67. The van der Waals surface area contributed by atoms with Gasteiger partial charge in [0.1, 0.15) is 0 Å². The summed E-state index contributed by atoms with van der Waals surface area (Å²) in [7, 11) is 0. The third-order valence-corrected chi connectivity index (χ3v) is 7.04. The fourth-order valence-corrected chi connectivity index (χ4v) is 5.15. The molecule has 2 saturated heterocycles. The summed E-state index contributed by atoms with van der Waals surface area (Å²) in [6.45, 7) is 3.86. The van der Waals surface area contributed by atoms with E-state index < -0.39 is 0 Å². The lowest BCUT2D eigenvalue weighted by Crippen LogP contribution is -2.44. The molecule has 3 aromatic rings. The largest absolute Gasteiger partial charge is 0.337 e. The summed E-state index contributed by atoms with van der Waals surface area (Å²) in [6, 6.07) is 16.1. The summed E-state index contributed by atoms with van der Waals surface area (Å²) in [5.74, 6) is 0.0493. The van der Waals surface area contributed by atoms with Gasteiger partial charge in [-0.2, -0.15) is 5.10 Å². The zero-order valence-electron chi connectivity index (χ0n) is 15.8. The quantitative estimate of drug-likeness (QED) is 0.737. The maximum absolute atomic E-state index is 13.2. The van der Waals surface area contributed by atoms with Gasteiger partial charge in [-0.05, 0) is 60.9 Å². The molecule has 5 rings (SSSR count). The van der Waals surface area contributed by atoms with Gasteiger partial charge in [-0.3, -0.25) is 4.79 Å². The van der Waals surface area contributed by atoms with E-state index in [1.165, 1.54) is 6.42 Å². The maximum Gasteiger partial charge on any atom is 0.274 e. The molecule has 0 aliphatic carbocycles. The Kier molecular flexibility index (Phi) is 4.53. The number of aromatic nitrogens is 2. The highest BCUT2D eigenvalue weighted by Gasteiger charge is 2.38. The molecule has 144 valence electrons. The van der Waals surface area contributed by atoms with Gasteiger partial charge in [0.15, 0.2) is 5.69 Å². The first-order valence-corrected chi connectivity index (χ1v) is 10.8. The summed E-state index contributed by atoms with van der Waals surface area (Å²) in [6.07, 6.45) is 3.41. The average Bonchev–Trinajstić information content (AvgIpc) is 3.49. The number of nitrogens with zero attached hydrogens (tertiary/aromatic N) is 3. The van der Waals surface area contributed by atoms with Crippen molar-refractivity contribution in [2.24, 2.45) is 5.41 Å². The van der Waals surface area contributed by atoms with E-state index in [4.69, 9.17) is 5.10 Å². The van der Waals surface area contributed by atoms with Crippen molar-refractivity contribution in [3.63, 3.8) is 0 Å². The lowest BCUT2D eigenvalue weighted by Gasteiger charge is -2.38. The zero-order valence-corrected chi connectivity index (χ0v) is 16.6. The van der Waals surface area contributed by atoms with Crippen molar-refractivity contribution >= 4 is 17.2 Å². The highest BCUT2D eigenvalue weighted by Crippen LogP contribution is 2.37. The van der Waals surface area contributed by atoms with Crippen LogP contribution in [0, 0.1) is 5.41 Å². The molecule has 2 aliphatic heterocycles. The number of likely N-dealkylation sites (tertiary alicyclic amines) is 1. The molecule has 5 nitrogen and oxygen atoms in total. The Bertz CT molecular complexity index is 948.